The van der Waals surface area contributed by atoms with Crippen molar-refractivity contribution >= 4 is 19.8 Å². The van der Waals surface area contributed by atoms with Crippen molar-refractivity contribution in [3.05, 3.63) is 36.5 Å². The number of ether oxygens (including phenoxy) is 2. The van der Waals surface area contributed by atoms with Crippen molar-refractivity contribution in [2.24, 2.45) is 0 Å². The van der Waals surface area contributed by atoms with E-state index in [-0.39, 0.29) is 26.1 Å². The number of rotatable bonds is 37. The highest BCUT2D eigenvalue weighted by Crippen LogP contribution is 2.38. The first-order valence-electron chi connectivity index (χ1n) is 20.7. The summed E-state index contributed by atoms with van der Waals surface area (Å²) >= 11 is 0. The van der Waals surface area contributed by atoms with E-state index in [1.807, 2.05) is 21.1 Å². The molecule has 0 aliphatic heterocycles. The molecular weight excluding hydrogens is 677 g/mol. The van der Waals surface area contributed by atoms with Gasteiger partial charge in [-0.1, -0.05) is 121 Å². The van der Waals surface area contributed by atoms with Crippen LogP contribution in [0.15, 0.2) is 36.5 Å². The summed E-state index contributed by atoms with van der Waals surface area (Å²) < 4.78 is 33.8. The predicted molar refractivity (Wildman–Crippen MR) is 213 cm³/mol. The number of unbranched alkanes of at least 4 members (excludes halogenated alkanes) is 17. The average molecular weight is 756 g/mol. The summed E-state index contributed by atoms with van der Waals surface area (Å²) in [5.41, 5.74) is 0. The number of nitrogens with zero attached hydrogens (tertiary/aromatic N) is 1. The van der Waals surface area contributed by atoms with E-state index in [1.54, 1.807) is 0 Å². The van der Waals surface area contributed by atoms with Crippen LogP contribution in [0.5, 0.6) is 0 Å². The quantitative estimate of drug-likeness (QED) is 0.0203. The molecule has 0 saturated carbocycles. The van der Waals surface area contributed by atoms with Crippen molar-refractivity contribution in [3.8, 4) is 0 Å². The Hall–Kier alpha value is -1.77. The Kier molecular flexibility index (Phi) is 33.8. The topological polar surface area (TPSA) is 111 Å². The van der Waals surface area contributed by atoms with Gasteiger partial charge in [-0.15, -0.1) is 0 Å². The third-order valence-corrected chi connectivity index (χ3v) is 9.60. The van der Waals surface area contributed by atoms with Crippen LogP contribution in [0.3, 0.4) is 0 Å². The summed E-state index contributed by atoms with van der Waals surface area (Å²) in [6.07, 6.45) is 37.3. The molecule has 0 aromatic carbocycles. The lowest BCUT2D eigenvalue weighted by atomic mass is 10.1. The third-order valence-electron chi connectivity index (χ3n) is 8.63. The summed E-state index contributed by atoms with van der Waals surface area (Å²) in [5, 5.41) is 0. The molecule has 0 spiro atoms. The SMILES string of the molecule is CCCCC/C=C\C/C=C\CCCCCCCC(=O)OC(COC(=O)CCCCCCC/C=C\CCCCCC)COP(=O)([O-])OCC[N+](C)(C)C. The molecule has 0 radical (unpaired) electrons. The number of likely N-dealkylation sites (N-methyl/N-ethyl adjacent to an activating group) is 1. The minimum Gasteiger partial charge on any atom is -0.756 e. The maximum Gasteiger partial charge on any atom is 0.306 e. The molecule has 9 nitrogen and oxygen atoms in total. The van der Waals surface area contributed by atoms with Gasteiger partial charge >= 0.3 is 11.9 Å². The lowest BCUT2D eigenvalue weighted by Crippen LogP contribution is -2.37. The molecule has 0 aromatic heterocycles. The van der Waals surface area contributed by atoms with Crippen molar-refractivity contribution in [1.82, 2.24) is 0 Å². The highest BCUT2D eigenvalue weighted by Gasteiger charge is 2.21. The van der Waals surface area contributed by atoms with Gasteiger partial charge in [-0.2, -0.15) is 0 Å². The molecule has 0 aliphatic carbocycles. The summed E-state index contributed by atoms with van der Waals surface area (Å²) in [7, 11) is 1.15. The molecule has 0 fully saturated rings. The molecule has 304 valence electrons. The number of allylic oxidation sites excluding steroid dienone is 6. The molecule has 0 aliphatic rings. The maximum atomic E-state index is 12.6. The Bertz CT molecular complexity index is 991. The highest BCUT2D eigenvalue weighted by atomic mass is 31.2. The van der Waals surface area contributed by atoms with Crippen LogP contribution in [0.4, 0.5) is 0 Å². The average Bonchev–Trinajstić information content (AvgIpc) is 3.09. The van der Waals surface area contributed by atoms with Gasteiger partial charge in [0.15, 0.2) is 6.10 Å². The number of carbonyl (C=O) groups excluding carboxylic acids is 2. The van der Waals surface area contributed by atoms with Gasteiger partial charge in [0.2, 0.25) is 0 Å². The van der Waals surface area contributed by atoms with E-state index in [1.165, 1.54) is 57.8 Å². The number of phosphoric ester groups is 1. The molecule has 52 heavy (non-hydrogen) atoms. The first kappa shape index (κ1) is 50.2. The van der Waals surface area contributed by atoms with Gasteiger partial charge in [0, 0.05) is 12.8 Å². The Balaban J connectivity index is 4.44. The van der Waals surface area contributed by atoms with E-state index in [4.69, 9.17) is 18.5 Å². The molecule has 0 rings (SSSR count). The third kappa shape index (κ3) is 38.0. The molecule has 0 aromatic rings. The van der Waals surface area contributed by atoms with Gasteiger partial charge in [0.05, 0.1) is 27.7 Å². The molecule has 0 heterocycles. The van der Waals surface area contributed by atoms with E-state index in [9.17, 15) is 19.0 Å². The van der Waals surface area contributed by atoms with Gasteiger partial charge in [0.1, 0.15) is 19.8 Å². The second-order valence-electron chi connectivity index (χ2n) is 15.0. The molecule has 0 N–H and O–H groups in total. The molecular formula is C42H78NO8P. The second kappa shape index (κ2) is 35.0. The fourth-order valence-corrected chi connectivity index (χ4v) is 6.05. The number of hydrogen-bond donors (Lipinski definition) is 0. The fourth-order valence-electron chi connectivity index (χ4n) is 5.32. The summed E-state index contributed by atoms with van der Waals surface area (Å²) in [5.74, 6) is -0.862. The Labute approximate surface area is 319 Å². The van der Waals surface area contributed by atoms with Gasteiger partial charge in [-0.05, 0) is 70.6 Å². The van der Waals surface area contributed by atoms with Crippen LogP contribution in [-0.2, 0) is 32.7 Å². The van der Waals surface area contributed by atoms with Crippen LogP contribution in [0.25, 0.3) is 0 Å². The number of hydrogen-bond acceptors (Lipinski definition) is 8. The largest absolute Gasteiger partial charge is 0.756 e. The smallest absolute Gasteiger partial charge is 0.306 e. The lowest BCUT2D eigenvalue weighted by Gasteiger charge is -2.28. The lowest BCUT2D eigenvalue weighted by molar-refractivity contribution is -0.870. The van der Waals surface area contributed by atoms with Crippen LogP contribution in [0, 0.1) is 0 Å². The maximum absolute atomic E-state index is 12.6. The standard InChI is InChI=1S/C42H78NO8P/c1-6-8-10-12-14-16-18-20-21-23-25-27-29-31-33-35-42(45)51-40(39-50-52(46,47)49-37-36-43(3,4)5)38-48-41(44)34-32-30-28-26-24-22-19-17-15-13-11-9-7-2/h14,16-17,19-21,40H,6-13,15,18,22-39H2,1-5H3/b16-14-,19-17-,21-20-. The number of esters is 2. The van der Waals surface area contributed by atoms with Gasteiger partial charge in [-0.3, -0.25) is 14.2 Å². The molecule has 0 bridgehead atoms. The van der Waals surface area contributed by atoms with Crippen LogP contribution in [-0.4, -0.2) is 70.0 Å². The summed E-state index contributed by atoms with van der Waals surface area (Å²) in [6, 6.07) is 0. The zero-order valence-corrected chi connectivity index (χ0v) is 34.9. The molecule has 0 saturated heterocycles. The van der Waals surface area contributed by atoms with E-state index in [2.05, 4.69) is 50.3 Å². The van der Waals surface area contributed by atoms with Crippen LogP contribution >= 0.6 is 7.82 Å². The second-order valence-corrected chi connectivity index (χ2v) is 16.4. The van der Waals surface area contributed by atoms with E-state index < -0.39 is 32.5 Å². The zero-order chi connectivity index (χ0) is 38.6. The van der Waals surface area contributed by atoms with E-state index >= 15 is 0 Å². The highest BCUT2D eigenvalue weighted by molar-refractivity contribution is 7.45. The van der Waals surface area contributed by atoms with Crippen molar-refractivity contribution < 1.29 is 42.1 Å². The number of quaternary nitrogens is 1. The van der Waals surface area contributed by atoms with Gasteiger partial charge < -0.3 is 27.9 Å². The van der Waals surface area contributed by atoms with Crippen molar-refractivity contribution in [3.63, 3.8) is 0 Å². The monoisotopic (exact) mass is 756 g/mol. The summed E-state index contributed by atoms with van der Waals surface area (Å²) in [6.45, 7) is 4.14. The van der Waals surface area contributed by atoms with E-state index in [0.717, 1.165) is 77.0 Å². The first-order valence-corrected chi connectivity index (χ1v) is 22.2. The van der Waals surface area contributed by atoms with Crippen LogP contribution < -0.4 is 4.89 Å². The molecule has 0 amide bonds. The van der Waals surface area contributed by atoms with Crippen molar-refractivity contribution in [2.45, 2.75) is 174 Å². The van der Waals surface area contributed by atoms with Gasteiger partial charge in [0.25, 0.3) is 7.82 Å². The first-order chi connectivity index (χ1) is 25.0. The summed E-state index contributed by atoms with van der Waals surface area (Å²) in [4.78, 5) is 37.4. The minimum atomic E-state index is -4.62. The Morgan fingerprint density at radius 1 is 0.596 bits per heavy atom. The van der Waals surface area contributed by atoms with Crippen LogP contribution in [0.1, 0.15) is 168 Å². The Morgan fingerprint density at radius 3 is 1.58 bits per heavy atom. The van der Waals surface area contributed by atoms with Crippen LogP contribution in [0.2, 0.25) is 0 Å². The molecule has 10 heteroatoms. The molecule has 2 unspecified atom stereocenters. The Morgan fingerprint density at radius 2 is 1.04 bits per heavy atom. The fraction of sp³-hybridized carbons (Fsp3) is 0.810. The zero-order valence-electron chi connectivity index (χ0n) is 34.0. The molecule has 2 atom stereocenters. The minimum absolute atomic E-state index is 0.0353. The van der Waals surface area contributed by atoms with Crippen molar-refractivity contribution in [1.29, 1.82) is 0 Å². The normalized spacial score (nSPS) is 14.0. The van der Waals surface area contributed by atoms with Crippen molar-refractivity contribution in [2.75, 3.05) is 47.5 Å². The predicted octanol–water partition coefficient (Wildman–Crippen LogP) is 10.7. The number of carbonyl (C=O) groups is 2. The number of phosphoric acid groups is 1. The van der Waals surface area contributed by atoms with E-state index in [0.29, 0.717) is 17.4 Å². The van der Waals surface area contributed by atoms with Gasteiger partial charge in [-0.25, -0.2) is 0 Å².